The van der Waals surface area contributed by atoms with Crippen LogP contribution in [-0.2, 0) is 4.79 Å². The molecule has 6 nitrogen and oxygen atoms in total. The van der Waals surface area contributed by atoms with Crippen molar-refractivity contribution < 1.29 is 9.90 Å². The van der Waals surface area contributed by atoms with E-state index >= 15 is 0 Å². The second kappa shape index (κ2) is 9.21. The van der Waals surface area contributed by atoms with Crippen molar-refractivity contribution in [1.82, 2.24) is 15.2 Å². The molecule has 1 aromatic carbocycles. The molecule has 4 atom stereocenters. The lowest BCUT2D eigenvalue weighted by Gasteiger charge is -2.40. The minimum absolute atomic E-state index is 0.112. The Morgan fingerprint density at radius 2 is 1.86 bits per heavy atom. The van der Waals surface area contributed by atoms with E-state index in [1.54, 1.807) is 0 Å². The number of anilines is 1. The largest absolute Gasteiger partial charge is 0.387 e. The Morgan fingerprint density at radius 3 is 2.51 bits per heavy atom. The number of aromatic nitrogens is 1. The molecule has 2 aliphatic heterocycles. The van der Waals surface area contributed by atoms with E-state index in [0.717, 1.165) is 74.7 Å². The van der Waals surface area contributed by atoms with Crippen molar-refractivity contribution in [2.45, 2.75) is 75.9 Å². The first-order chi connectivity index (χ1) is 17.0. The number of fused-ring (bicyclic) bond motifs is 1. The van der Waals surface area contributed by atoms with Gasteiger partial charge in [0, 0.05) is 49.7 Å². The highest BCUT2D eigenvalue weighted by Gasteiger charge is 2.38. The summed E-state index contributed by atoms with van der Waals surface area (Å²) < 4.78 is 0. The van der Waals surface area contributed by atoms with Gasteiger partial charge in [-0.2, -0.15) is 0 Å². The first-order valence-electron chi connectivity index (χ1n) is 13.6. The summed E-state index contributed by atoms with van der Waals surface area (Å²) in [4.78, 5) is 23.0. The van der Waals surface area contributed by atoms with Crippen LogP contribution in [0, 0.1) is 6.92 Å². The van der Waals surface area contributed by atoms with Crippen molar-refractivity contribution in [2.75, 3.05) is 37.6 Å². The summed E-state index contributed by atoms with van der Waals surface area (Å²) >= 11 is 0. The number of hydrogen-bond donors (Lipinski definition) is 2. The number of aliphatic hydroxyl groups is 1. The van der Waals surface area contributed by atoms with Crippen LogP contribution in [0.1, 0.15) is 90.8 Å². The van der Waals surface area contributed by atoms with Gasteiger partial charge >= 0.3 is 0 Å². The number of carbonyl (C=O) groups is 1. The average molecular weight is 475 g/mol. The number of amides is 1. The summed E-state index contributed by atoms with van der Waals surface area (Å²) in [6.45, 7) is 8.40. The molecule has 1 aromatic heterocycles. The summed E-state index contributed by atoms with van der Waals surface area (Å²) in [6, 6.07) is 9.15. The Hall–Kier alpha value is -2.44. The van der Waals surface area contributed by atoms with E-state index in [0.29, 0.717) is 5.92 Å². The van der Waals surface area contributed by atoms with Crippen LogP contribution < -0.4 is 10.2 Å². The van der Waals surface area contributed by atoms with E-state index in [1.807, 2.05) is 6.20 Å². The maximum atomic E-state index is 13.9. The van der Waals surface area contributed by atoms with E-state index in [2.05, 4.69) is 58.2 Å². The van der Waals surface area contributed by atoms with Gasteiger partial charge in [-0.3, -0.25) is 9.78 Å². The standard InChI is InChI=1S/C29H38N4O2/c1-18-16-24(34)27-25(18)28(19(2)17-31-27)32-12-14-33(15-13-32)29(35)26(23-4-3-11-30-23)22-9-7-21(8-10-22)20-5-6-20/h7-10,17-18,20,23-24,26,30,34H,3-6,11-16H2,1-2H3/t18-,23+,24-,26+/m1/s1. The molecule has 1 amide bonds. The van der Waals surface area contributed by atoms with Gasteiger partial charge in [0.15, 0.2) is 0 Å². The van der Waals surface area contributed by atoms with E-state index in [9.17, 15) is 9.90 Å². The molecular weight excluding hydrogens is 436 g/mol. The molecule has 2 aliphatic carbocycles. The maximum absolute atomic E-state index is 13.9. The molecule has 4 aliphatic rings. The maximum Gasteiger partial charge on any atom is 0.231 e. The molecule has 0 bridgehead atoms. The minimum Gasteiger partial charge on any atom is -0.387 e. The molecule has 2 aromatic rings. The Morgan fingerprint density at radius 1 is 1.11 bits per heavy atom. The molecular formula is C29H38N4O2. The number of benzene rings is 1. The molecule has 1 saturated carbocycles. The lowest BCUT2D eigenvalue weighted by Crippen LogP contribution is -2.52. The van der Waals surface area contributed by atoms with Crippen molar-refractivity contribution >= 4 is 11.6 Å². The predicted molar refractivity (Wildman–Crippen MR) is 138 cm³/mol. The number of hydrogen-bond acceptors (Lipinski definition) is 5. The molecule has 0 spiro atoms. The Kier molecular flexibility index (Phi) is 6.05. The Bertz CT molecular complexity index is 1080. The molecule has 35 heavy (non-hydrogen) atoms. The molecule has 0 radical (unpaired) electrons. The predicted octanol–water partition coefficient (Wildman–Crippen LogP) is 3.99. The molecule has 2 saturated heterocycles. The van der Waals surface area contributed by atoms with Gasteiger partial charge in [0.2, 0.25) is 5.91 Å². The van der Waals surface area contributed by atoms with Crippen LogP contribution in [0.25, 0.3) is 0 Å². The third-order valence-electron chi connectivity index (χ3n) is 8.71. The summed E-state index contributed by atoms with van der Waals surface area (Å²) in [5.74, 6) is 1.19. The molecule has 186 valence electrons. The number of pyridine rings is 1. The van der Waals surface area contributed by atoms with Crippen molar-refractivity contribution in [1.29, 1.82) is 0 Å². The average Bonchev–Trinajstić information content (AvgIpc) is 3.51. The van der Waals surface area contributed by atoms with Crippen LogP contribution in [-0.4, -0.2) is 59.7 Å². The number of aliphatic hydroxyl groups excluding tert-OH is 1. The lowest BCUT2D eigenvalue weighted by atomic mass is 9.88. The minimum atomic E-state index is -0.465. The fraction of sp³-hybridized carbons (Fsp3) is 0.586. The third-order valence-corrected chi connectivity index (χ3v) is 8.71. The van der Waals surface area contributed by atoms with Crippen LogP contribution >= 0.6 is 0 Å². The van der Waals surface area contributed by atoms with Gasteiger partial charge in [-0.1, -0.05) is 31.2 Å². The smallest absolute Gasteiger partial charge is 0.231 e. The number of carbonyl (C=O) groups excluding carboxylic acids is 1. The summed E-state index contributed by atoms with van der Waals surface area (Å²) in [6.07, 6.45) is 6.98. The van der Waals surface area contributed by atoms with Crippen LogP contribution in [0.5, 0.6) is 0 Å². The fourth-order valence-corrected chi connectivity index (χ4v) is 6.65. The van der Waals surface area contributed by atoms with Crippen molar-refractivity contribution in [3.05, 3.63) is 58.4 Å². The van der Waals surface area contributed by atoms with E-state index in [1.165, 1.54) is 29.7 Å². The van der Waals surface area contributed by atoms with Gasteiger partial charge in [0.25, 0.3) is 0 Å². The van der Waals surface area contributed by atoms with Crippen molar-refractivity contribution in [3.63, 3.8) is 0 Å². The van der Waals surface area contributed by atoms with Crippen LogP contribution in [0.2, 0.25) is 0 Å². The highest BCUT2D eigenvalue weighted by molar-refractivity contribution is 5.85. The molecule has 6 heteroatoms. The third kappa shape index (κ3) is 4.25. The SMILES string of the molecule is Cc1cnc2c(c1N1CCN(C(=O)[C@@H](c3ccc(C4CC4)cc3)[C@@H]3CCCN3)CC1)[C@H](C)C[C@H]2O. The van der Waals surface area contributed by atoms with E-state index < -0.39 is 6.10 Å². The Labute approximate surface area is 208 Å². The van der Waals surface area contributed by atoms with Gasteiger partial charge in [-0.05, 0) is 74.1 Å². The zero-order chi connectivity index (χ0) is 24.1. The molecule has 6 rings (SSSR count). The van der Waals surface area contributed by atoms with Gasteiger partial charge in [0.05, 0.1) is 17.7 Å². The normalized spacial score (nSPS) is 27.2. The number of nitrogens with zero attached hydrogens (tertiary/aromatic N) is 3. The van der Waals surface area contributed by atoms with Crippen LogP contribution in [0.3, 0.4) is 0 Å². The Balaban J connectivity index is 1.20. The van der Waals surface area contributed by atoms with E-state index in [4.69, 9.17) is 0 Å². The summed E-state index contributed by atoms with van der Waals surface area (Å²) in [7, 11) is 0. The molecule has 3 heterocycles. The second-order valence-electron chi connectivity index (χ2n) is 11.2. The van der Waals surface area contributed by atoms with Gasteiger partial charge in [-0.15, -0.1) is 0 Å². The fourth-order valence-electron chi connectivity index (χ4n) is 6.65. The number of nitrogens with one attached hydrogen (secondary N) is 1. The number of piperazine rings is 1. The molecule has 0 unspecified atom stereocenters. The topological polar surface area (TPSA) is 68.7 Å². The van der Waals surface area contributed by atoms with Gasteiger partial charge in [0.1, 0.15) is 0 Å². The first-order valence-corrected chi connectivity index (χ1v) is 13.6. The number of rotatable bonds is 5. The number of aryl methyl sites for hydroxylation is 1. The molecule has 3 fully saturated rings. The van der Waals surface area contributed by atoms with Crippen molar-refractivity contribution in [3.8, 4) is 0 Å². The van der Waals surface area contributed by atoms with E-state index in [-0.39, 0.29) is 17.9 Å². The van der Waals surface area contributed by atoms with Crippen molar-refractivity contribution in [2.24, 2.45) is 0 Å². The highest BCUT2D eigenvalue weighted by Crippen LogP contribution is 2.45. The van der Waals surface area contributed by atoms with Crippen LogP contribution in [0.4, 0.5) is 5.69 Å². The van der Waals surface area contributed by atoms with Gasteiger partial charge in [-0.25, -0.2) is 0 Å². The first kappa shape index (κ1) is 23.0. The zero-order valence-electron chi connectivity index (χ0n) is 21.0. The van der Waals surface area contributed by atoms with Crippen LogP contribution in [0.15, 0.2) is 30.5 Å². The highest BCUT2D eigenvalue weighted by atomic mass is 16.3. The summed E-state index contributed by atoms with van der Waals surface area (Å²) in [5.41, 5.74) is 7.03. The second-order valence-corrected chi connectivity index (χ2v) is 11.2. The lowest BCUT2D eigenvalue weighted by molar-refractivity contribution is -0.133. The summed E-state index contributed by atoms with van der Waals surface area (Å²) in [5, 5.41) is 14.1. The molecule has 2 N–H and O–H groups in total. The quantitative estimate of drug-likeness (QED) is 0.686. The monoisotopic (exact) mass is 474 g/mol. The van der Waals surface area contributed by atoms with Gasteiger partial charge < -0.3 is 20.2 Å². The zero-order valence-corrected chi connectivity index (χ0v) is 21.0.